The summed E-state index contributed by atoms with van der Waals surface area (Å²) in [6.45, 7) is 3.39. The summed E-state index contributed by atoms with van der Waals surface area (Å²) >= 11 is 1.46. The Labute approximate surface area is 137 Å². The number of hydrogen-bond acceptors (Lipinski definition) is 5. The van der Waals surface area contributed by atoms with Crippen molar-refractivity contribution in [3.8, 4) is 0 Å². The number of nitro benzene ring substituents is 1. The summed E-state index contributed by atoms with van der Waals surface area (Å²) in [4.78, 5) is 22.4. The first kappa shape index (κ1) is 16.9. The van der Waals surface area contributed by atoms with Gasteiger partial charge in [-0.3, -0.25) is 10.1 Å². The van der Waals surface area contributed by atoms with Crippen LogP contribution in [-0.4, -0.2) is 22.6 Å². The smallest absolute Gasteiger partial charge is 0.319 e. The Bertz CT molecular complexity index is 716. The van der Waals surface area contributed by atoms with Crippen LogP contribution in [0.25, 0.3) is 0 Å². The Morgan fingerprint density at radius 1 is 1.39 bits per heavy atom. The van der Waals surface area contributed by atoms with Crippen LogP contribution in [0.1, 0.15) is 22.8 Å². The number of aliphatic hydroxyl groups excluding tert-OH is 1. The van der Waals surface area contributed by atoms with Crippen LogP contribution in [0.5, 0.6) is 0 Å². The van der Waals surface area contributed by atoms with Gasteiger partial charge < -0.3 is 15.7 Å². The number of benzene rings is 1. The van der Waals surface area contributed by atoms with Crippen LogP contribution in [0.3, 0.4) is 0 Å². The van der Waals surface area contributed by atoms with Crippen LogP contribution in [0.2, 0.25) is 0 Å². The first-order chi connectivity index (χ1) is 10.9. The van der Waals surface area contributed by atoms with Crippen LogP contribution in [-0.2, 0) is 0 Å². The molecule has 0 aliphatic heterocycles. The molecule has 1 aromatic heterocycles. The molecule has 0 aliphatic rings. The van der Waals surface area contributed by atoms with E-state index in [1.54, 1.807) is 31.4 Å². The third-order valence-corrected chi connectivity index (χ3v) is 4.17. The van der Waals surface area contributed by atoms with Crippen molar-refractivity contribution < 1.29 is 14.8 Å². The van der Waals surface area contributed by atoms with Gasteiger partial charge >= 0.3 is 6.03 Å². The Kier molecular flexibility index (Phi) is 5.30. The Morgan fingerprint density at radius 3 is 2.74 bits per heavy atom. The van der Waals surface area contributed by atoms with E-state index >= 15 is 0 Å². The van der Waals surface area contributed by atoms with E-state index in [2.05, 4.69) is 10.6 Å². The molecule has 8 heteroatoms. The predicted molar refractivity (Wildman–Crippen MR) is 88.9 cm³/mol. The molecular formula is C15H17N3O4S. The summed E-state index contributed by atoms with van der Waals surface area (Å²) in [6, 6.07) is 4.25. The topological polar surface area (TPSA) is 105 Å². The number of rotatable bonds is 5. The lowest BCUT2D eigenvalue weighted by Crippen LogP contribution is -2.32. The number of hydrogen-bond donors (Lipinski definition) is 3. The first-order valence-corrected chi connectivity index (χ1v) is 7.84. The van der Waals surface area contributed by atoms with Crippen molar-refractivity contribution in [2.45, 2.75) is 20.0 Å². The van der Waals surface area contributed by atoms with E-state index in [4.69, 9.17) is 0 Å². The lowest BCUT2D eigenvalue weighted by Gasteiger charge is -2.14. The summed E-state index contributed by atoms with van der Waals surface area (Å²) < 4.78 is 0. The zero-order chi connectivity index (χ0) is 17.0. The number of urea groups is 1. The highest BCUT2D eigenvalue weighted by atomic mass is 32.1. The van der Waals surface area contributed by atoms with E-state index in [1.165, 1.54) is 17.4 Å². The normalized spacial score (nSPS) is 11.8. The van der Waals surface area contributed by atoms with Gasteiger partial charge in [0.2, 0.25) is 0 Å². The molecule has 0 radical (unpaired) electrons. The van der Waals surface area contributed by atoms with E-state index in [9.17, 15) is 20.0 Å². The second kappa shape index (κ2) is 7.21. The number of nitrogens with one attached hydrogen (secondary N) is 2. The zero-order valence-electron chi connectivity index (χ0n) is 12.7. The highest BCUT2D eigenvalue weighted by molar-refractivity contribution is 7.07. The fraction of sp³-hybridized carbons (Fsp3) is 0.267. The summed E-state index contributed by atoms with van der Waals surface area (Å²) in [6.07, 6.45) is -0.792. The average molecular weight is 335 g/mol. The van der Waals surface area contributed by atoms with Crippen molar-refractivity contribution in [3.05, 3.63) is 55.8 Å². The third-order valence-electron chi connectivity index (χ3n) is 3.46. The highest BCUT2D eigenvalue weighted by Crippen LogP contribution is 2.28. The summed E-state index contributed by atoms with van der Waals surface area (Å²) in [5.74, 6) is 0. The lowest BCUT2D eigenvalue weighted by molar-refractivity contribution is -0.385. The number of nitro groups is 1. The second-order valence-electron chi connectivity index (χ2n) is 5.07. The van der Waals surface area contributed by atoms with Gasteiger partial charge in [-0.05, 0) is 41.8 Å². The first-order valence-electron chi connectivity index (χ1n) is 6.89. The zero-order valence-corrected chi connectivity index (χ0v) is 13.5. The quantitative estimate of drug-likeness (QED) is 0.576. The number of carbonyl (C=O) groups is 1. The minimum absolute atomic E-state index is 0.0512. The van der Waals surface area contributed by atoms with Gasteiger partial charge in [0.25, 0.3) is 5.69 Å². The van der Waals surface area contributed by atoms with E-state index in [-0.39, 0.29) is 12.2 Å². The average Bonchev–Trinajstić information content (AvgIpc) is 3.03. The molecule has 3 N–H and O–H groups in total. The van der Waals surface area contributed by atoms with E-state index in [0.717, 1.165) is 11.1 Å². The van der Waals surface area contributed by atoms with Crippen LogP contribution in [0.4, 0.5) is 16.2 Å². The Morgan fingerprint density at radius 2 is 2.13 bits per heavy atom. The maximum Gasteiger partial charge on any atom is 0.319 e. The van der Waals surface area contributed by atoms with Crippen LogP contribution in [0.15, 0.2) is 29.0 Å². The number of carbonyl (C=O) groups excluding carboxylic acids is 1. The van der Waals surface area contributed by atoms with Crippen molar-refractivity contribution in [2.75, 3.05) is 11.9 Å². The van der Waals surface area contributed by atoms with Crippen molar-refractivity contribution in [1.82, 2.24) is 5.32 Å². The van der Waals surface area contributed by atoms with Gasteiger partial charge in [0, 0.05) is 12.6 Å². The van der Waals surface area contributed by atoms with Crippen LogP contribution < -0.4 is 10.6 Å². The molecule has 0 bridgehead atoms. The molecule has 2 amide bonds. The molecule has 23 heavy (non-hydrogen) atoms. The maximum absolute atomic E-state index is 12.0. The molecule has 0 spiro atoms. The van der Waals surface area contributed by atoms with Crippen molar-refractivity contribution >= 4 is 28.7 Å². The maximum atomic E-state index is 12.0. The number of thiophene rings is 1. The monoisotopic (exact) mass is 335 g/mol. The van der Waals surface area contributed by atoms with Crippen molar-refractivity contribution in [1.29, 1.82) is 0 Å². The summed E-state index contributed by atoms with van der Waals surface area (Å²) in [7, 11) is 0. The number of anilines is 1. The van der Waals surface area contributed by atoms with Crippen LogP contribution in [0, 0.1) is 24.0 Å². The summed E-state index contributed by atoms with van der Waals surface area (Å²) in [5, 5.41) is 29.7. The number of nitrogens with zero attached hydrogens (tertiary/aromatic N) is 1. The number of aliphatic hydroxyl groups is 1. The van der Waals surface area contributed by atoms with E-state index in [0.29, 0.717) is 11.3 Å². The number of amides is 2. The lowest BCUT2D eigenvalue weighted by atomic mass is 10.1. The van der Waals surface area contributed by atoms with Gasteiger partial charge in [-0.25, -0.2) is 4.79 Å². The van der Waals surface area contributed by atoms with Gasteiger partial charge in [0.1, 0.15) is 0 Å². The highest BCUT2D eigenvalue weighted by Gasteiger charge is 2.17. The number of aryl methyl sites for hydroxylation is 1. The third kappa shape index (κ3) is 4.05. The fourth-order valence-electron chi connectivity index (χ4n) is 2.16. The van der Waals surface area contributed by atoms with Gasteiger partial charge in [0.15, 0.2) is 0 Å². The SMILES string of the molecule is Cc1ccc([N+](=O)[O-])c(C)c1NC(=O)NCC(O)c1ccsc1. The minimum atomic E-state index is -0.792. The molecule has 2 aromatic rings. The molecule has 1 heterocycles. The fourth-order valence-corrected chi connectivity index (χ4v) is 2.86. The van der Waals surface area contributed by atoms with E-state index < -0.39 is 17.1 Å². The van der Waals surface area contributed by atoms with E-state index in [1.807, 2.05) is 5.38 Å². The second-order valence-corrected chi connectivity index (χ2v) is 5.85. The van der Waals surface area contributed by atoms with Gasteiger partial charge in [-0.2, -0.15) is 11.3 Å². The van der Waals surface area contributed by atoms with Gasteiger partial charge in [-0.1, -0.05) is 6.07 Å². The molecule has 0 aliphatic carbocycles. The summed E-state index contributed by atoms with van der Waals surface area (Å²) in [5.41, 5.74) is 2.20. The Hall–Kier alpha value is -2.45. The minimum Gasteiger partial charge on any atom is -0.387 e. The molecule has 0 saturated heterocycles. The van der Waals surface area contributed by atoms with Crippen molar-refractivity contribution in [3.63, 3.8) is 0 Å². The molecule has 122 valence electrons. The molecule has 0 fully saturated rings. The van der Waals surface area contributed by atoms with Crippen LogP contribution >= 0.6 is 11.3 Å². The standard InChI is InChI=1S/C15H17N3O4S/c1-9-3-4-12(18(21)22)10(2)14(9)17-15(20)16-7-13(19)11-5-6-23-8-11/h3-6,8,13,19H,7H2,1-2H3,(H2,16,17,20). The largest absolute Gasteiger partial charge is 0.387 e. The molecule has 2 rings (SSSR count). The predicted octanol–water partition coefficient (Wildman–Crippen LogP) is 3.13. The van der Waals surface area contributed by atoms with Gasteiger partial charge in [-0.15, -0.1) is 0 Å². The molecule has 1 atom stereocenters. The Balaban J connectivity index is 2.03. The van der Waals surface area contributed by atoms with Crippen molar-refractivity contribution in [2.24, 2.45) is 0 Å². The molecular weight excluding hydrogens is 318 g/mol. The van der Waals surface area contributed by atoms with Gasteiger partial charge in [0.05, 0.1) is 22.3 Å². The molecule has 0 saturated carbocycles. The molecule has 1 unspecified atom stereocenters. The molecule has 1 aromatic carbocycles. The molecule has 7 nitrogen and oxygen atoms in total.